The molecule has 2 unspecified atom stereocenters. The molecule has 0 aliphatic carbocycles. The molecule has 2 atom stereocenters. The molecule has 1 aromatic carbocycles. The van der Waals surface area contributed by atoms with Crippen LogP contribution in [0, 0.1) is 0 Å². The molecule has 4 rings (SSSR count). The summed E-state index contributed by atoms with van der Waals surface area (Å²) in [5, 5.41) is 10.5. The Morgan fingerprint density at radius 1 is 1.32 bits per heavy atom. The van der Waals surface area contributed by atoms with Crippen molar-refractivity contribution in [3.63, 3.8) is 0 Å². The van der Waals surface area contributed by atoms with Crippen molar-refractivity contribution < 1.29 is 41.0 Å². The van der Waals surface area contributed by atoms with Crippen LogP contribution in [0.15, 0.2) is 41.6 Å². The van der Waals surface area contributed by atoms with Gasteiger partial charge in [-0.1, -0.05) is 11.6 Å². The van der Waals surface area contributed by atoms with E-state index >= 15 is 0 Å². The molecule has 3 aromatic rings. The summed E-state index contributed by atoms with van der Waals surface area (Å²) in [7, 11) is -0.977. The number of fused-ring (bicyclic) bond motifs is 1. The van der Waals surface area contributed by atoms with Crippen molar-refractivity contribution in [2.24, 2.45) is 0 Å². The number of carboxylic acid groups (broad SMARTS) is 1. The highest BCUT2D eigenvalue weighted by Crippen LogP contribution is 2.34. The lowest BCUT2D eigenvalue weighted by Gasteiger charge is -2.26. The minimum absolute atomic E-state index is 0.0491. The van der Waals surface area contributed by atoms with Gasteiger partial charge >= 0.3 is 12.3 Å². The number of alkyl halides is 3. The van der Waals surface area contributed by atoms with Gasteiger partial charge in [-0.3, -0.25) is 4.79 Å². The molecular formula is C24H24ClF3N6O6S. The van der Waals surface area contributed by atoms with Crippen molar-refractivity contribution in [2.75, 3.05) is 31.3 Å². The molecule has 1 fully saturated rings. The lowest BCUT2D eigenvalue weighted by atomic mass is 10.00. The maximum absolute atomic E-state index is 13.2. The van der Waals surface area contributed by atoms with E-state index in [0.717, 1.165) is 23.2 Å². The van der Waals surface area contributed by atoms with E-state index in [-0.39, 0.29) is 39.7 Å². The molecule has 4 N–H and O–H groups in total. The summed E-state index contributed by atoms with van der Waals surface area (Å²) in [6, 6.07) is 1.94. The number of aliphatic carboxylic acids is 1. The molecule has 1 aliphatic rings. The van der Waals surface area contributed by atoms with E-state index in [1.54, 1.807) is 19.0 Å². The Morgan fingerprint density at radius 2 is 2.02 bits per heavy atom. The number of carbonyl (C=O) groups excluding carboxylic acids is 1. The number of amides is 1. The Morgan fingerprint density at radius 3 is 2.63 bits per heavy atom. The van der Waals surface area contributed by atoms with Gasteiger partial charge in [0, 0.05) is 44.8 Å². The highest BCUT2D eigenvalue weighted by Gasteiger charge is 2.42. The van der Waals surface area contributed by atoms with Gasteiger partial charge in [-0.25, -0.2) is 23.2 Å². The van der Waals surface area contributed by atoms with Crippen LogP contribution in [0.25, 0.3) is 10.8 Å². The Bertz CT molecular complexity index is 1620. The minimum atomic E-state index is -5.10. The summed E-state index contributed by atoms with van der Waals surface area (Å²) in [5.74, 6) is -2.82. The smallest absolute Gasteiger partial charge is 0.480 e. The van der Waals surface area contributed by atoms with Crippen LogP contribution in [0.4, 0.5) is 24.8 Å². The molecule has 2 aromatic heterocycles. The van der Waals surface area contributed by atoms with Crippen molar-refractivity contribution in [3.8, 4) is 5.75 Å². The number of carboxylic acids is 1. The molecular weight excluding hydrogens is 593 g/mol. The molecule has 220 valence electrons. The maximum atomic E-state index is 13.2. The van der Waals surface area contributed by atoms with Crippen LogP contribution in [0.3, 0.4) is 0 Å². The lowest BCUT2D eigenvalue weighted by Crippen LogP contribution is -2.48. The minimum Gasteiger partial charge on any atom is -0.480 e. The average molecular weight is 617 g/mol. The van der Waals surface area contributed by atoms with Gasteiger partial charge in [-0.2, -0.15) is 4.72 Å². The number of likely N-dealkylation sites (tertiary alicyclic amines) is 1. The molecule has 41 heavy (non-hydrogen) atoms. The number of nitrogens with zero attached hydrogens (tertiary/aromatic N) is 4. The summed E-state index contributed by atoms with van der Waals surface area (Å²) in [4.78, 5) is 35.4. The van der Waals surface area contributed by atoms with Crippen LogP contribution in [-0.4, -0.2) is 79.4 Å². The van der Waals surface area contributed by atoms with Gasteiger partial charge in [-0.15, -0.1) is 13.2 Å². The third-order valence-electron chi connectivity index (χ3n) is 6.34. The fraction of sp³-hybridized carbons (Fsp3) is 0.333. The maximum Gasteiger partial charge on any atom is 0.573 e. The van der Waals surface area contributed by atoms with E-state index in [4.69, 9.17) is 17.3 Å². The van der Waals surface area contributed by atoms with Crippen molar-refractivity contribution >= 4 is 55.9 Å². The van der Waals surface area contributed by atoms with Crippen LogP contribution in [0.5, 0.6) is 5.75 Å². The van der Waals surface area contributed by atoms with E-state index < -0.39 is 52.5 Å². The number of benzene rings is 1. The molecule has 0 radical (unpaired) electrons. The van der Waals surface area contributed by atoms with E-state index in [1.165, 1.54) is 18.3 Å². The fourth-order valence-corrected chi connectivity index (χ4v) is 6.05. The number of carbonyl (C=O) groups is 2. The van der Waals surface area contributed by atoms with Gasteiger partial charge < -0.3 is 25.4 Å². The van der Waals surface area contributed by atoms with Gasteiger partial charge in [-0.05, 0) is 41.6 Å². The first-order valence-corrected chi connectivity index (χ1v) is 13.7. The Hall–Kier alpha value is -3.89. The molecule has 0 bridgehead atoms. The SMILES string of the molecule is CN(C)c1ncc(S(=O)(=O)NC2CCN(C(Cc3cc4ccnc(N)c4cc3OC(F)(F)F)C(=O)O)C2=O)cc1Cl. The highest BCUT2D eigenvalue weighted by atomic mass is 35.5. The third kappa shape index (κ3) is 6.55. The summed E-state index contributed by atoms with van der Waals surface area (Å²) < 4.78 is 71.8. The number of nitrogen functional groups attached to an aromatic ring is 1. The number of hydrogen-bond donors (Lipinski definition) is 3. The highest BCUT2D eigenvalue weighted by molar-refractivity contribution is 7.89. The van der Waals surface area contributed by atoms with Crippen LogP contribution >= 0.6 is 11.6 Å². The molecule has 1 saturated heterocycles. The number of halogens is 4. The van der Waals surface area contributed by atoms with Crippen molar-refractivity contribution in [1.82, 2.24) is 19.6 Å². The number of ether oxygens (including phenoxy) is 1. The molecule has 12 nitrogen and oxygen atoms in total. The Balaban J connectivity index is 1.60. The van der Waals surface area contributed by atoms with Crippen LogP contribution in [0.2, 0.25) is 5.02 Å². The quantitative estimate of drug-likeness (QED) is 0.325. The first kappa shape index (κ1) is 30.1. The number of hydrogen-bond acceptors (Lipinski definition) is 9. The molecule has 3 heterocycles. The van der Waals surface area contributed by atoms with Gasteiger partial charge in [0.1, 0.15) is 34.4 Å². The second-order valence-corrected chi connectivity index (χ2v) is 11.5. The second kappa shape index (κ2) is 11.2. The number of sulfonamides is 1. The predicted octanol–water partition coefficient (Wildman–Crippen LogP) is 2.41. The first-order valence-electron chi connectivity index (χ1n) is 11.9. The molecule has 0 spiro atoms. The zero-order chi connectivity index (χ0) is 30.3. The van der Waals surface area contributed by atoms with Crippen molar-refractivity contribution in [3.05, 3.63) is 47.2 Å². The molecule has 1 amide bonds. The number of pyridine rings is 2. The van der Waals surface area contributed by atoms with Gasteiger partial charge in [0.2, 0.25) is 15.9 Å². The fourth-order valence-electron chi connectivity index (χ4n) is 4.45. The molecule has 17 heteroatoms. The Kier molecular flexibility index (Phi) is 8.20. The zero-order valence-electron chi connectivity index (χ0n) is 21.5. The number of rotatable bonds is 9. The second-order valence-electron chi connectivity index (χ2n) is 9.35. The summed E-state index contributed by atoms with van der Waals surface area (Å²) in [6.07, 6.45) is -3.38. The summed E-state index contributed by atoms with van der Waals surface area (Å²) >= 11 is 6.12. The monoisotopic (exact) mass is 616 g/mol. The van der Waals surface area contributed by atoms with E-state index in [1.807, 2.05) is 0 Å². The first-order chi connectivity index (χ1) is 19.1. The third-order valence-corrected chi connectivity index (χ3v) is 8.06. The van der Waals surface area contributed by atoms with Gasteiger partial charge in [0.15, 0.2) is 0 Å². The topological polar surface area (TPSA) is 168 Å². The number of nitrogens with one attached hydrogen (secondary N) is 1. The normalized spacial score (nSPS) is 16.7. The predicted molar refractivity (Wildman–Crippen MR) is 142 cm³/mol. The Labute approximate surface area is 236 Å². The molecule has 0 saturated carbocycles. The number of anilines is 2. The zero-order valence-corrected chi connectivity index (χ0v) is 23.1. The van der Waals surface area contributed by atoms with Crippen molar-refractivity contribution in [2.45, 2.75) is 36.2 Å². The largest absolute Gasteiger partial charge is 0.573 e. The summed E-state index contributed by atoms with van der Waals surface area (Å²) in [5.41, 5.74) is 5.62. The number of nitrogens with two attached hydrogens (primary N) is 1. The van der Waals surface area contributed by atoms with E-state index in [9.17, 15) is 36.3 Å². The lowest BCUT2D eigenvalue weighted by molar-refractivity contribution is -0.274. The molecule has 1 aliphatic heterocycles. The van der Waals surface area contributed by atoms with E-state index in [2.05, 4.69) is 19.4 Å². The van der Waals surface area contributed by atoms with Crippen LogP contribution in [-0.2, 0) is 26.0 Å². The van der Waals surface area contributed by atoms with Crippen molar-refractivity contribution in [1.29, 1.82) is 0 Å². The van der Waals surface area contributed by atoms with Crippen LogP contribution < -0.4 is 20.1 Å². The standard InChI is InChI=1S/C24H24ClF3N6O6S/c1-33(2)21-16(25)9-14(11-31-21)41(38,39)32-17-4-6-34(22(17)35)18(23(36)37)8-13-7-12-3-5-30-20(29)15(12)10-19(13)40-24(26,27)28/h3,5,7,9-11,17-18,32H,4,6,8H2,1-2H3,(H2,29,30)(H,36,37). The van der Waals surface area contributed by atoms with Gasteiger partial charge in [0.25, 0.3) is 0 Å². The van der Waals surface area contributed by atoms with Gasteiger partial charge in [0.05, 0.1) is 5.02 Å². The van der Waals surface area contributed by atoms with Crippen LogP contribution in [0.1, 0.15) is 12.0 Å². The average Bonchev–Trinajstić information content (AvgIpc) is 3.20. The van der Waals surface area contributed by atoms with E-state index in [0.29, 0.717) is 11.2 Å². The summed E-state index contributed by atoms with van der Waals surface area (Å²) in [6.45, 7) is -0.179. The number of aromatic nitrogens is 2.